The van der Waals surface area contributed by atoms with E-state index < -0.39 is 208 Å². The highest BCUT2D eigenvalue weighted by Crippen LogP contribution is 2.76. The first-order chi connectivity index (χ1) is 41.3. The minimum atomic E-state index is -1.97. The van der Waals surface area contributed by atoms with Gasteiger partial charge in [0.1, 0.15) is 110 Å². The Balaban J connectivity index is 0.888. The van der Waals surface area contributed by atoms with E-state index in [4.69, 9.17) is 52.1 Å². The second kappa shape index (κ2) is 25.5. The summed E-state index contributed by atoms with van der Waals surface area (Å²) in [6.07, 6.45) is -33.3. The van der Waals surface area contributed by atoms with Gasteiger partial charge in [-0.1, -0.05) is 60.1 Å². The average molecular weight is 1270 g/mol. The Morgan fingerprint density at radius 1 is 0.523 bits per heavy atom. The van der Waals surface area contributed by atoms with E-state index in [-0.39, 0.29) is 34.0 Å². The molecule has 5 heterocycles. The molecule has 5 saturated heterocycles. The number of allylic oxidation sites excluding steroid dienone is 2. The monoisotopic (exact) mass is 1260 g/mol. The number of aliphatic hydroxyl groups is 15. The van der Waals surface area contributed by atoms with E-state index in [1.54, 1.807) is 0 Å². The normalized spacial score (nSPS) is 52.5. The van der Waals surface area contributed by atoms with E-state index in [1.165, 1.54) is 5.57 Å². The Morgan fingerprint density at radius 2 is 1.03 bits per heavy atom. The third kappa shape index (κ3) is 11.4. The highest BCUT2D eigenvalue weighted by Gasteiger charge is 2.71. The maximum Gasteiger partial charge on any atom is 0.337 e. The Bertz CT molecular complexity index is 2480. The van der Waals surface area contributed by atoms with E-state index in [0.717, 1.165) is 20.0 Å². The average Bonchev–Trinajstić information content (AvgIpc) is 0.741. The molecule has 32 atom stereocenters. The van der Waals surface area contributed by atoms with Crippen LogP contribution in [0.25, 0.3) is 0 Å². The Hall–Kier alpha value is -2.28. The zero-order valence-electron chi connectivity index (χ0n) is 51.2. The Kier molecular flexibility index (Phi) is 19.8. The van der Waals surface area contributed by atoms with Gasteiger partial charge in [-0.3, -0.25) is 4.79 Å². The predicted octanol–water partition coefficient (Wildman–Crippen LogP) is -3.39. The second-order valence-electron chi connectivity index (χ2n) is 28.9. The molecule has 9 fully saturated rings. The molecule has 0 radical (unpaired) electrons. The summed E-state index contributed by atoms with van der Waals surface area (Å²) in [5.74, 6) is -1.86. The summed E-state index contributed by atoms with van der Waals surface area (Å²) in [5, 5.41) is 160. The first kappa shape index (κ1) is 68.6. The third-order valence-electron chi connectivity index (χ3n) is 23.3. The fraction of sp³-hybridized carbons (Fsp3) is 0.933. The number of methoxy groups -OCH3 is 1. The van der Waals surface area contributed by atoms with Crippen LogP contribution in [0, 0.1) is 50.2 Å². The zero-order chi connectivity index (χ0) is 64.3. The molecule has 28 heteroatoms. The summed E-state index contributed by atoms with van der Waals surface area (Å²) in [6, 6.07) is 0. The molecule has 0 bridgehead atoms. The van der Waals surface area contributed by atoms with Gasteiger partial charge in [0.25, 0.3) is 0 Å². The van der Waals surface area contributed by atoms with Crippen LogP contribution in [0.15, 0.2) is 11.6 Å². The summed E-state index contributed by atoms with van der Waals surface area (Å²) >= 11 is 0. The number of fused-ring (bicyclic) bond motifs is 7. The van der Waals surface area contributed by atoms with Crippen LogP contribution in [0.5, 0.6) is 0 Å². The van der Waals surface area contributed by atoms with Gasteiger partial charge in [0.05, 0.1) is 45.1 Å². The molecular weight excluding hydrogens is 1170 g/mol. The fourth-order valence-corrected chi connectivity index (χ4v) is 17.8. The molecule has 4 saturated carbocycles. The smallest absolute Gasteiger partial charge is 0.337 e. The molecule has 504 valence electrons. The Morgan fingerprint density at radius 3 is 1.62 bits per heavy atom. The molecule has 32 unspecified atom stereocenters. The van der Waals surface area contributed by atoms with Crippen molar-refractivity contribution in [2.45, 2.75) is 266 Å². The zero-order valence-corrected chi connectivity index (χ0v) is 51.2. The van der Waals surface area contributed by atoms with Crippen molar-refractivity contribution in [1.82, 2.24) is 0 Å². The van der Waals surface area contributed by atoms with E-state index in [1.807, 2.05) is 0 Å². The number of hydrogen-bond acceptors (Lipinski definition) is 28. The molecular formula is C60H96O28. The van der Waals surface area contributed by atoms with Crippen molar-refractivity contribution in [3.8, 4) is 0 Å². The van der Waals surface area contributed by atoms with E-state index in [2.05, 4.69) is 54.5 Å². The summed E-state index contributed by atoms with van der Waals surface area (Å²) in [5.41, 5.74) is -1.81. The number of rotatable bonds is 15. The minimum Gasteiger partial charge on any atom is -0.467 e. The molecule has 0 aromatic rings. The molecule has 5 aliphatic heterocycles. The second-order valence-corrected chi connectivity index (χ2v) is 28.9. The lowest BCUT2D eigenvalue weighted by atomic mass is 9.33. The first-order valence-corrected chi connectivity index (χ1v) is 31.1. The summed E-state index contributed by atoms with van der Waals surface area (Å²) in [6.45, 7) is 12.7. The molecule has 0 aromatic carbocycles. The minimum absolute atomic E-state index is 0.0124. The van der Waals surface area contributed by atoms with Gasteiger partial charge in [-0.05, 0) is 109 Å². The van der Waals surface area contributed by atoms with Gasteiger partial charge in [0, 0.05) is 0 Å². The van der Waals surface area contributed by atoms with Crippen molar-refractivity contribution < 1.29 is 138 Å². The van der Waals surface area contributed by atoms with Crippen LogP contribution in [-0.2, 0) is 61.7 Å². The maximum atomic E-state index is 15.2. The van der Waals surface area contributed by atoms with Crippen LogP contribution in [0.4, 0.5) is 0 Å². The van der Waals surface area contributed by atoms with Gasteiger partial charge in [-0.2, -0.15) is 0 Å². The molecule has 0 amide bonds. The van der Waals surface area contributed by atoms with Gasteiger partial charge < -0.3 is 129 Å². The maximum absolute atomic E-state index is 15.2. The lowest BCUT2D eigenvalue weighted by molar-refractivity contribution is -0.383. The first-order valence-electron chi connectivity index (χ1n) is 31.1. The number of carbonyl (C=O) groups is 2. The highest BCUT2D eigenvalue weighted by atomic mass is 16.8. The number of ether oxygens (including phenoxy) is 11. The number of carbonyl (C=O) groups excluding carboxylic acids is 2. The molecule has 10 rings (SSSR count). The van der Waals surface area contributed by atoms with Gasteiger partial charge in [0.15, 0.2) is 31.3 Å². The lowest BCUT2D eigenvalue weighted by Gasteiger charge is -2.71. The van der Waals surface area contributed by atoms with Crippen molar-refractivity contribution in [1.29, 1.82) is 0 Å². The predicted molar refractivity (Wildman–Crippen MR) is 294 cm³/mol. The topological polar surface area (TPSA) is 439 Å². The summed E-state index contributed by atoms with van der Waals surface area (Å²) < 4.78 is 65.1. The highest BCUT2D eigenvalue weighted by molar-refractivity contribution is 5.79. The van der Waals surface area contributed by atoms with Crippen LogP contribution < -0.4 is 0 Å². The van der Waals surface area contributed by atoms with Gasteiger partial charge in [-0.15, -0.1) is 0 Å². The number of hydrogen-bond donors (Lipinski definition) is 15. The van der Waals surface area contributed by atoms with Crippen LogP contribution in [0.2, 0.25) is 0 Å². The molecule has 88 heavy (non-hydrogen) atoms. The quantitative estimate of drug-likeness (QED) is 0.0432. The van der Waals surface area contributed by atoms with E-state index in [9.17, 15) is 81.4 Å². The van der Waals surface area contributed by atoms with E-state index in [0.29, 0.717) is 51.4 Å². The SMILES string of the molecule is COC(=O)C1OC(OC2CCC3(C)C(CCC4(C)C3CC=C3C5CC(C)(C)CCC5(C(=O)OC5OC(COC6OC(CO)C(O)C(O)C6O)C(O)C(O)C5O)CCC34C)C2(C)C)C(OC2OC(CO)C(O)C(O)C2O)C(O)C1OC1OC(CO)C(O)C1O. The third-order valence-corrected chi connectivity index (χ3v) is 23.3. The number of aliphatic hydroxyl groups excluding tert-OH is 15. The van der Waals surface area contributed by atoms with E-state index >= 15 is 4.79 Å². The van der Waals surface area contributed by atoms with Gasteiger partial charge >= 0.3 is 11.9 Å². The van der Waals surface area contributed by atoms with Crippen molar-refractivity contribution in [2.75, 3.05) is 33.5 Å². The lowest BCUT2D eigenvalue weighted by Crippen LogP contribution is -2.68. The van der Waals surface area contributed by atoms with Crippen LogP contribution in [0.3, 0.4) is 0 Å². The van der Waals surface area contributed by atoms with Crippen LogP contribution >= 0.6 is 0 Å². The van der Waals surface area contributed by atoms with Gasteiger partial charge in [0.2, 0.25) is 6.29 Å². The van der Waals surface area contributed by atoms with Crippen molar-refractivity contribution in [2.24, 2.45) is 50.2 Å². The summed E-state index contributed by atoms with van der Waals surface area (Å²) in [7, 11) is 1.07. The van der Waals surface area contributed by atoms with Gasteiger partial charge in [-0.25, -0.2) is 4.79 Å². The van der Waals surface area contributed by atoms with Crippen molar-refractivity contribution in [3.05, 3.63) is 11.6 Å². The molecule has 0 aromatic heterocycles. The molecule has 5 aliphatic carbocycles. The molecule has 28 nitrogen and oxygen atoms in total. The Labute approximate surface area is 510 Å². The molecule has 15 N–H and O–H groups in total. The molecule has 0 spiro atoms. The largest absolute Gasteiger partial charge is 0.467 e. The standard InChI is InChI=1S/C60H96O28/c1-55(2)15-17-60(54(77)88-52-43(74)39(70)36(67)29(83-52)23-79-49-41(72)37(68)33(64)26(20-61)80-49)18-16-58(6)24(25(60)19-55)9-10-31-57(5)13-12-32(56(3,4)30(57)11-14-59(31,58)7)84-53-46(86-51-42(73)38(69)34(65)27(21-62)81-51)44(75)45(47(87-53)48(76)78-8)85-50-40(71)35(66)28(22-63)82-50/h9,25-47,49-53,61-75H,10-23H2,1-8H3. The van der Waals surface area contributed by atoms with Crippen molar-refractivity contribution >= 4 is 11.9 Å². The molecule has 10 aliphatic rings. The van der Waals surface area contributed by atoms with Crippen molar-refractivity contribution in [3.63, 3.8) is 0 Å². The van der Waals surface area contributed by atoms with Crippen LogP contribution in [-0.4, -0.2) is 276 Å². The summed E-state index contributed by atoms with van der Waals surface area (Å²) in [4.78, 5) is 28.9. The number of esters is 2. The fourth-order valence-electron chi connectivity index (χ4n) is 17.8. The van der Waals surface area contributed by atoms with Crippen LogP contribution in [0.1, 0.15) is 113 Å².